The van der Waals surface area contributed by atoms with Crippen molar-refractivity contribution in [2.45, 2.75) is 46.1 Å². The Balaban J connectivity index is 5.20. The minimum Gasteiger partial charge on any atom is -0.329 e. The molecule has 0 radical (unpaired) electrons. The van der Waals surface area contributed by atoms with Crippen LogP contribution in [-0.2, 0) is 14.4 Å². The lowest BCUT2D eigenvalue weighted by Gasteiger charge is -2.26. The lowest BCUT2D eigenvalue weighted by atomic mass is 10.5. The van der Waals surface area contributed by atoms with Crippen molar-refractivity contribution in [1.82, 2.24) is 5.32 Å². The van der Waals surface area contributed by atoms with Crippen LogP contribution in [-0.4, -0.2) is 43.9 Å². The highest BCUT2D eigenvalue weighted by Gasteiger charge is 2.51. The molecule has 0 saturated carbocycles. The fourth-order valence-electron chi connectivity index (χ4n) is 2.29. The molecule has 0 amide bonds. The number of hydrogen-bond donors (Lipinski definition) is 2. The molecule has 5 nitrogen and oxygen atoms in total. The molecule has 0 aromatic rings. The van der Waals surface area contributed by atoms with E-state index in [0.717, 1.165) is 0 Å². The highest BCUT2D eigenvalue weighted by atomic mass is 28.3. The lowest BCUT2D eigenvalue weighted by Crippen LogP contribution is -2.60. The normalized spacial score (nSPS) is 11.4. The number of carbonyl (C=O) groups is 3. The van der Waals surface area contributed by atoms with Crippen molar-refractivity contribution in [1.29, 1.82) is 0 Å². The first-order chi connectivity index (χ1) is 9.00. The maximum Gasteiger partial charge on any atom is 0.280 e. The molecule has 19 heavy (non-hydrogen) atoms. The van der Waals surface area contributed by atoms with Crippen molar-refractivity contribution < 1.29 is 14.4 Å². The first-order valence-electron chi connectivity index (χ1n) is 7.01. The van der Waals surface area contributed by atoms with Gasteiger partial charge in [-0.05, 0) is 31.9 Å². The van der Waals surface area contributed by atoms with E-state index in [1.807, 2.05) is 0 Å². The van der Waals surface area contributed by atoms with Gasteiger partial charge in [0.05, 0.1) is 0 Å². The molecular weight excluding hydrogens is 260 g/mol. The topological polar surface area (TPSA) is 89.3 Å². The van der Waals surface area contributed by atoms with Gasteiger partial charge < -0.3 is 25.4 Å². The predicted octanol–water partition coefficient (Wildman–Crippen LogP) is 0.538. The van der Waals surface area contributed by atoms with Crippen LogP contribution >= 0.6 is 0 Å². The first kappa shape index (κ1) is 18.1. The van der Waals surface area contributed by atoms with Crippen LogP contribution in [0.25, 0.3) is 0 Å². The standard InChI is InChI=1S/C13H26N2O3Si/c1-4-11(16)19(12(17)5-2,13(18)6-3)10-9-15-8-7-14/h15H,4-10,14H2,1-3H3. The van der Waals surface area contributed by atoms with Crippen LogP contribution in [0.15, 0.2) is 0 Å². The van der Waals surface area contributed by atoms with E-state index in [1.165, 1.54) is 0 Å². The van der Waals surface area contributed by atoms with E-state index in [-0.39, 0.29) is 35.5 Å². The Hall–Kier alpha value is -0.853. The molecular formula is C13H26N2O3Si. The van der Waals surface area contributed by atoms with Gasteiger partial charge in [0.25, 0.3) is 8.07 Å². The summed E-state index contributed by atoms with van der Waals surface area (Å²) in [5, 5.41) is 2.71. The number of nitrogens with two attached hydrogens (primary N) is 1. The highest BCUT2D eigenvalue weighted by Crippen LogP contribution is 2.19. The molecule has 6 heteroatoms. The maximum absolute atomic E-state index is 12.3. The van der Waals surface area contributed by atoms with Gasteiger partial charge in [0.2, 0.25) is 0 Å². The Bertz CT molecular complexity index is 291. The third-order valence-electron chi connectivity index (χ3n) is 3.39. The summed E-state index contributed by atoms with van der Waals surface area (Å²) in [4.78, 5) is 36.8. The summed E-state index contributed by atoms with van der Waals surface area (Å²) in [6.07, 6.45) is 0.793. The Morgan fingerprint density at radius 2 is 1.32 bits per heavy atom. The monoisotopic (exact) mass is 286 g/mol. The predicted molar refractivity (Wildman–Crippen MR) is 78.4 cm³/mol. The summed E-state index contributed by atoms with van der Waals surface area (Å²) in [7, 11) is -3.18. The van der Waals surface area contributed by atoms with Gasteiger partial charge in [-0.15, -0.1) is 0 Å². The summed E-state index contributed by atoms with van der Waals surface area (Å²) < 4.78 is 0. The molecule has 0 aromatic carbocycles. The summed E-state index contributed by atoms with van der Waals surface area (Å²) >= 11 is 0. The van der Waals surface area contributed by atoms with Crippen molar-refractivity contribution >= 4 is 24.3 Å². The van der Waals surface area contributed by atoms with Crippen LogP contribution < -0.4 is 11.1 Å². The Morgan fingerprint density at radius 3 is 1.63 bits per heavy atom. The fraction of sp³-hybridized carbons (Fsp3) is 0.769. The zero-order chi connectivity index (χ0) is 14.9. The van der Waals surface area contributed by atoms with Crippen LogP contribution in [0, 0.1) is 0 Å². The molecule has 0 bridgehead atoms. The van der Waals surface area contributed by atoms with E-state index in [4.69, 9.17) is 5.73 Å². The SMILES string of the molecule is CCC(=O)[Si](CCNCCN)(C(=O)CC)C(=O)CC. The van der Waals surface area contributed by atoms with Crippen LogP contribution in [0.4, 0.5) is 0 Å². The average molecular weight is 286 g/mol. The molecule has 0 heterocycles. The molecule has 0 rings (SSSR count). The second-order valence-corrected chi connectivity index (χ2v) is 8.51. The van der Waals surface area contributed by atoms with Gasteiger partial charge in [0.1, 0.15) is 16.2 Å². The van der Waals surface area contributed by atoms with Gasteiger partial charge in [0.15, 0.2) is 0 Å². The minimum absolute atomic E-state index is 0.124. The zero-order valence-corrected chi connectivity index (χ0v) is 13.3. The molecule has 110 valence electrons. The molecule has 3 N–H and O–H groups in total. The van der Waals surface area contributed by atoms with E-state index >= 15 is 0 Å². The van der Waals surface area contributed by atoms with Gasteiger partial charge in [-0.3, -0.25) is 0 Å². The first-order valence-corrected chi connectivity index (χ1v) is 9.22. The molecule has 0 aliphatic rings. The van der Waals surface area contributed by atoms with Crippen LogP contribution in [0.1, 0.15) is 40.0 Å². The summed E-state index contributed by atoms with van der Waals surface area (Å²) in [6.45, 7) is 6.81. The zero-order valence-electron chi connectivity index (χ0n) is 12.3. The van der Waals surface area contributed by atoms with Gasteiger partial charge >= 0.3 is 0 Å². The molecule has 0 aromatic heterocycles. The number of carbonyl (C=O) groups excluding carboxylic acids is 3. The Morgan fingerprint density at radius 1 is 0.895 bits per heavy atom. The number of rotatable bonds is 11. The van der Waals surface area contributed by atoms with Crippen LogP contribution in [0.2, 0.25) is 6.04 Å². The smallest absolute Gasteiger partial charge is 0.280 e. The van der Waals surface area contributed by atoms with E-state index in [9.17, 15) is 14.4 Å². The summed E-state index contributed by atoms with van der Waals surface area (Å²) in [6, 6.07) is 0.374. The second kappa shape index (κ2) is 9.11. The maximum atomic E-state index is 12.3. The Labute approximate surface area is 116 Å². The summed E-state index contributed by atoms with van der Waals surface area (Å²) in [5.41, 5.74) is 5.38. The van der Waals surface area contributed by atoms with E-state index in [1.54, 1.807) is 20.8 Å². The third-order valence-corrected chi connectivity index (χ3v) is 8.31. The quantitative estimate of drug-likeness (QED) is 0.427. The van der Waals surface area contributed by atoms with Gasteiger partial charge in [-0.25, -0.2) is 0 Å². The molecule has 0 fully saturated rings. The molecule has 0 atom stereocenters. The molecule has 0 unspecified atom stereocenters. The van der Waals surface area contributed by atoms with Crippen molar-refractivity contribution in [2.24, 2.45) is 5.73 Å². The molecule has 0 aliphatic carbocycles. The summed E-state index contributed by atoms with van der Waals surface area (Å²) in [5.74, 6) is 0. The second-order valence-electron chi connectivity index (χ2n) is 4.52. The molecule has 0 saturated heterocycles. The average Bonchev–Trinajstić information content (AvgIpc) is 2.45. The molecule has 0 spiro atoms. The fourth-order valence-corrected chi connectivity index (χ4v) is 6.43. The Kier molecular flexibility index (Phi) is 8.71. The molecule has 0 aliphatic heterocycles. The van der Waals surface area contributed by atoms with Gasteiger partial charge in [-0.2, -0.15) is 0 Å². The van der Waals surface area contributed by atoms with E-state index < -0.39 is 8.07 Å². The van der Waals surface area contributed by atoms with Gasteiger partial charge in [-0.1, -0.05) is 20.8 Å². The van der Waals surface area contributed by atoms with Crippen LogP contribution in [0.3, 0.4) is 0 Å². The lowest BCUT2D eigenvalue weighted by molar-refractivity contribution is -0.119. The minimum atomic E-state index is -3.18. The van der Waals surface area contributed by atoms with Gasteiger partial charge in [0, 0.05) is 13.1 Å². The van der Waals surface area contributed by atoms with E-state index in [0.29, 0.717) is 25.7 Å². The number of hydrogen-bond acceptors (Lipinski definition) is 5. The van der Waals surface area contributed by atoms with Crippen molar-refractivity contribution in [2.75, 3.05) is 19.6 Å². The van der Waals surface area contributed by atoms with Crippen molar-refractivity contribution in [3.05, 3.63) is 0 Å². The largest absolute Gasteiger partial charge is 0.329 e. The third kappa shape index (κ3) is 4.33. The van der Waals surface area contributed by atoms with Crippen molar-refractivity contribution in [3.8, 4) is 0 Å². The number of nitrogens with one attached hydrogen (secondary N) is 1. The van der Waals surface area contributed by atoms with Crippen LogP contribution in [0.5, 0.6) is 0 Å². The highest BCUT2D eigenvalue weighted by molar-refractivity contribution is 7.40. The van der Waals surface area contributed by atoms with Crippen molar-refractivity contribution in [3.63, 3.8) is 0 Å². The van der Waals surface area contributed by atoms with E-state index in [2.05, 4.69) is 5.32 Å².